The topological polar surface area (TPSA) is 84.7 Å². The Kier molecular flexibility index (Phi) is 6.68. The molecule has 114 valence electrons. The number of hydrogen-bond donors (Lipinski definition) is 2. The van der Waals surface area contributed by atoms with Crippen molar-refractivity contribution in [2.45, 2.75) is 45.2 Å². The molecule has 1 fully saturated rings. The summed E-state index contributed by atoms with van der Waals surface area (Å²) in [6.45, 7) is 5.25. The highest BCUT2D eigenvalue weighted by Gasteiger charge is 2.33. The maximum atomic E-state index is 12.4. The van der Waals surface area contributed by atoms with Crippen LogP contribution in [0.2, 0.25) is 0 Å². The second-order valence-corrected chi connectivity index (χ2v) is 7.08. The van der Waals surface area contributed by atoms with Crippen molar-refractivity contribution in [3.63, 3.8) is 0 Å². The van der Waals surface area contributed by atoms with Gasteiger partial charge in [-0.3, -0.25) is 0 Å². The molecule has 0 aromatic heterocycles. The molecule has 7 heteroatoms. The molecule has 0 saturated carbocycles. The summed E-state index contributed by atoms with van der Waals surface area (Å²) in [6, 6.07) is -0.294. The molecule has 0 bridgehead atoms. The van der Waals surface area contributed by atoms with Gasteiger partial charge in [0.05, 0.1) is 6.61 Å². The Bertz CT molecular complexity index is 359. The lowest BCUT2D eigenvalue weighted by atomic mass is 10.1. The Hall–Kier alpha value is -0.210. The first-order valence-corrected chi connectivity index (χ1v) is 8.34. The van der Waals surface area contributed by atoms with Crippen LogP contribution in [0.25, 0.3) is 0 Å². The zero-order valence-corrected chi connectivity index (χ0v) is 12.9. The number of rotatable bonds is 7. The molecule has 19 heavy (non-hydrogen) atoms. The molecular formula is C12H27N3O3S. The molecule has 1 heterocycles. The summed E-state index contributed by atoms with van der Waals surface area (Å²) in [4.78, 5) is 0. The summed E-state index contributed by atoms with van der Waals surface area (Å²) in [5, 5.41) is 0. The maximum absolute atomic E-state index is 12.4. The molecule has 0 radical (unpaired) electrons. The summed E-state index contributed by atoms with van der Waals surface area (Å²) in [5.74, 6) is 0.177. The highest BCUT2D eigenvalue weighted by Crippen LogP contribution is 2.19. The molecule has 0 amide bonds. The number of hydrogen-bond acceptors (Lipinski definition) is 4. The van der Waals surface area contributed by atoms with Gasteiger partial charge < -0.3 is 10.5 Å². The van der Waals surface area contributed by atoms with E-state index >= 15 is 0 Å². The molecule has 0 spiro atoms. The third kappa shape index (κ3) is 4.68. The van der Waals surface area contributed by atoms with Gasteiger partial charge in [-0.05, 0) is 18.8 Å². The standard InChI is InChI=1S/C12H27N3O3S/c1-10(2)12(9-18-3)14-19(16,17)15-7-5-4-6-11(15)8-13/h10-12,14H,4-9,13H2,1-3H3. The van der Waals surface area contributed by atoms with Gasteiger partial charge in [0.1, 0.15) is 0 Å². The molecule has 1 aliphatic heterocycles. The number of ether oxygens (including phenoxy) is 1. The van der Waals surface area contributed by atoms with E-state index in [0.29, 0.717) is 19.7 Å². The van der Waals surface area contributed by atoms with Crippen LogP contribution in [-0.2, 0) is 14.9 Å². The van der Waals surface area contributed by atoms with Crippen LogP contribution in [0.3, 0.4) is 0 Å². The van der Waals surface area contributed by atoms with Crippen molar-refractivity contribution in [2.75, 3.05) is 26.8 Å². The second kappa shape index (κ2) is 7.54. The zero-order chi connectivity index (χ0) is 14.5. The lowest BCUT2D eigenvalue weighted by molar-refractivity contribution is 0.154. The monoisotopic (exact) mass is 293 g/mol. The summed E-state index contributed by atoms with van der Waals surface area (Å²) >= 11 is 0. The predicted molar refractivity (Wildman–Crippen MR) is 76.0 cm³/mol. The Labute approximate surface area is 116 Å². The normalized spacial score (nSPS) is 23.7. The summed E-state index contributed by atoms with van der Waals surface area (Å²) < 4.78 is 34.2. The average molecular weight is 293 g/mol. The summed E-state index contributed by atoms with van der Waals surface area (Å²) in [5.41, 5.74) is 5.68. The third-order valence-electron chi connectivity index (χ3n) is 3.61. The van der Waals surface area contributed by atoms with Crippen molar-refractivity contribution < 1.29 is 13.2 Å². The average Bonchev–Trinajstić information content (AvgIpc) is 2.38. The van der Waals surface area contributed by atoms with Crippen LogP contribution in [0.15, 0.2) is 0 Å². The molecular weight excluding hydrogens is 266 g/mol. The fraction of sp³-hybridized carbons (Fsp3) is 1.00. The minimum atomic E-state index is -3.49. The van der Waals surface area contributed by atoms with E-state index in [1.165, 1.54) is 4.31 Å². The van der Waals surface area contributed by atoms with Crippen molar-refractivity contribution >= 4 is 10.2 Å². The van der Waals surface area contributed by atoms with Crippen LogP contribution in [0.5, 0.6) is 0 Å². The van der Waals surface area contributed by atoms with Gasteiger partial charge in [0, 0.05) is 32.3 Å². The van der Waals surface area contributed by atoms with Gasteiger partial charge in [-0.2, -0.15) is 17.4 Å². The Morgan fingerprint density at radius 2 is 2.11 bits per heavy atom. The van der Waals surface area contributed by atoms with E-state index in [2.05, 4.69) is 4.72 Å². The van der Waals surface area contributed by atoms with Gasteiger partial charge in [0.2, 0.25) is 0 Å². The fourth-order valence-electron chi connectivity index (χ4n) is 2.33. The van der Waals surface area contributed by atoms with Gasteiger partial charge in [-0.25, -0.2) is 0 Å². The molecule has 2 unspecified atom stereocenters. The minimum absolute atomic E-state index is 0.0818. The van der Waals surface area contributed by atoms with Crippen molar-refractivity contribution in [2.24, 2.45) is 11.7 Å². The lowest BCUT2D eigenvalue weighted by Gasteiger charge is -2.35. The van der Waals surface area contributed by atoms with Crippen molar-refractivity contribution in [1.29, 1.82) is 0 Å². The van der Waals surface area contributed by atoms with E-state index in [9.17, 15) is 8.42 Å². The second-order valence-electron chi connectivity index (χ2n) is 5.42. The van der Waals surface area contributed by atoms with Gasteiger partial charge >= 0.3 is 0 Å². The van der Waals surface area contributed by atoms with Gasteiger partial charge in [-0.15, -0.1) is 0 Å². The molecule has 0 aromatic carbocycles. The predicted octanol–water partition coefficient (Wildman–Crippen LogP) is 0.305. The SMILES string of the molecule is COCC(NS(=O)(=O)N1CCCCC1CN)C(C)C. The Morgan fingerprint density at radius 3 is 2.63 bits per heavy atom. The number of nitrogens with zero attached hydrogens (tertiary/aromatic N) is 1. The quantitative estimate of drug-likeness (QED) is 0.707. The number of piperidine rings is 1. The van der Waals surface area contributed by atoms with E-state index in [1.807, 2.05) is 13.8 Å². The first-order valence-electron chi connectivity index (χ1n) is 6.90. The van der Waals surface area contributed by atoms with E-state index in [0.717, 1.165) is 19.3 Å². The lowest BCUT2D eigenvalue weighted by Crippen LogP contribution is -2.55. The molecule has 0 aliphatic carbocycles. The fourth-order valence-corrected chi connectivity index (χ4v) is 4.14. The van der Waals surface area contributed by atoms with Crippen molar-refractivity contribution in [3.8, 4) is 0 Å². The summed E-state index contributed by atoms with van der Waals surface area (Å²) in [7, 11) is -1.91. The Balaban J connectivity index is 2.77. The summed E-state index contributed by atoms with van der Waals surface area (Å²) in [6.07, 6.45) is 2.78. The van der Waals surface area contributed by atoms with Crippen LogP contribution < -0.4 is 10.5 Å². The molecule has 1 aliphatic rings. The van der Waals surface area contributed by atoms with Gasteiger partial charge in [-0.1, -0.05) is 20.3 Å². The number of nitrogens with one attached hydrogen (secondary N) is 1. The zero-order valence-electron chi connectivity index (χ0n) is 12.1. The van der Waals surface area contributed by atoms with E-state index in [1.54, 1.807) is 7.11 Å². The maximum Gasteiger partial charge on any atom is 0.280 e. The molecule has 3 N–H and O–H groups in total. The number of methoxy groups -OCH3 is 1. The number of nitrogens with two attached hydrogens (primary N) is 1. The van der Waals surface area contributed by atoms with Crippen LogP contribution >= 0.6 is 0 Å². The van der Waals surface area contributed by atoms with E-state index < -0.39 is 10.2 Å². The van der Waals surface area contributed by atoms with Gasteiger partial charge in [0.25, 0.3) is 10.2 Å². The van der Waals surface area contributed by atoms with Crippen LogP contribution in [0.4, 0.5) is 0 Å². The van der Waals surface area contributed by atoms with Crippen molar-refractivity contribution in [1.82, 2.24) is 9.03 Å². The molecule has 0 aromatic rings. The highest BCUT2D eigenvalue weighted by molar-refractivity contribution is 7.87. The van der Waals surface area contributed by atoms with Crippen molar-refractivity contribution in [3.05, 3.63) is 0 Å². The largest absolute Gasteiger partial charge is 0.383 e. The van der Waals surface area contributed by atoms with E-state index in [-0.39, 0.29) is 18.0 Å². The van der Waals surface area contributed by atoms with Crippen LogP contribution in [0.1, 0.15) is 33.1 Å². The first-order chi connectivity index (χ1) is 8.92. The molecule has 1 rings (SSSR count). The molecule has 1 saturated heterocycles. The molecule has 2 atom stereocenters. The van der Waals surface area contributed by atoms with Crippen LogP contribution in [0, 0.1) is 5.92 Å². The smallest absolute Gasteiger partial charge is 0.280 e. The third-order valence-corrected chi connectivity index (χ3v) is 5.30. The molecule has 6 nitrogen and oxygen atoms in total. The first kappa shape index (κ1) is 16.8. The Morgan fingerprint density at radius 1 is 1.42 bits per heavy atom. The highest BCUT2D eigenvalue weighted by atomic mass is 32.2. The minimum Gasteiger partial charge on any atom is -0.383 e. The van der Waals surface area contributed by atoms with Crippen LogP contribution in [-0.4, -0.2) is 51.6 Å². The van der Waals surface area contributed by atoms with Gasteiger partial charge in [0.15, 0.2) is 0 Å². The van der Waals surface area contributed by atoms with E-state index in [4.69, 9.17) is 10.5 Å².